The lowest BCUT2D eigenvalue weighted by Crippen LogP contribution is -2.09. The first-order valence-electron chi connectivity index (χ1n) is 9.77. The van der Waals surface area contributed by atoms with Crippen molar-refractivity contribution < 1.29 is 14.3 Å². The monoisotopic (exact) mass is 376 g/mol. The van der Waals surface area contributed by atoms with Crippen LogP contribution in [0.1, 0.15) is 80.1 Å². The molecule has 1 N–H and O–H groups in total. The van der Waals surface area contributed by atoms with E-state index in [4.69, 9.17) is 0 Å². The molecule has 0 aliphatic heterocycles. The number of hydrogen-bond donors (Lipinski definition) is 1. The normalized spacial score (nSPS) is 15.9. The smallest absolute Gasteiger partial charge is 0.184 e. The molecular weight excluding hydrogens is 339 g/mol. The van der Waals surface area contributed by atoms with Crippen LogP contribution < -0.4 is 0 Å². The minimum atomic E-state index is -0.383. The zero-order valence-electron chi connectivity index (χ0n) is 18.0. The van der Waals surface area contributed by atoms with Gasteiger partial charge in [0.25, 0.3) is 0 Å². The van der Waals surface area contributed by atoms with Crippen LogP contribution in [0.2, 0.25) is 0 Å². The molecule has 0 bridgehead atoms. The third kappa shape index (κ3) is 10.9. The van der Waals surface area contributed by atoms with Crippen molar-refractivity contribution in [2.45, 2.75) is 86.2 Å². The standard InChI is InChI=1S/C24H37FO2/c1-8-18(3)21(6)24(27)22(7)19(4)15-16-23(26)14-10-12-17(2)11-9-13-20(5)25/h8,12-13,23,26H,1,9-11,14-16H2,2-7H3/b17-12+,20-13-,21-18-,22-19+. The third-order valence-electron chi connectivity index (χ3n) is 5.03. The highest BCUT2D eigenvalue weighted by Gasteiger charge is 2.12. The quantitative estimate of drug-likeness (QED) is 0.228. The molecule has 0 aromatic rings. The molecule has 0 heterocycles. The van der Waals surface area contributed by atoms with Gasteiger partial charge in [-0.3, -0.25) is 4.79 Å². The number of rotatable bonds is 12. The van der Waals surface area contributed by atoms with Crippen molar-refractivity contribution in [2.24, 2.45) is 0 Å². The van der Waals surface area contributed by atoms with Crippen molar-refractivity contribution in [3.63, 3.8) is 0 Å². The summed E-state index contributed by atoms with van der Waals surface area (Å²) in [5.74, 6) is -0.0868. The summed E-state index contributed by atoms with van der Waals surface area (Å²) in [6.45, 7) is 14.7. The molecular formula is C24H37FO2. The van der Waals surface area contributed by atoms with E-state index in [0.717, 1.165) is 35.1 Å². The summed E-state index contributed by atoms with van der Waals surface area (Å²) in [6.07, 6.45) is 9.46. The number of carbonyl (C=O) groups excluding carboxylic acids is 1. The zero-order chi connectivity index (χ0) is 21.0. The molecule has 1 atom stereocenters. The predicted molar refractivity (Wildman–Crippen MR) is 114 cm³/mol. The maximum Gasteiger partial charge on any atom is 0.184 e. The minimum absolute atomic E-state index is 0.0514. The largest absolute Gasteiger partial charge is 0.393 e. The Bertz CT molecular complexity index is 629. The SMILES string of the molecule is C=C/C(C)=C(/C)C(=O)/C(C)=C(\C)CCC(O)CC/C=C(\C)CC/C=C(/C)F. The van der Waals surface area contributed by atoms with Gasteiger partial charge in [0.05, 0.1) is 11.9 Å². The summed E-state index contributed by atoms with van der Waals surface area (Å²) in [5, 5.41) is 10.2. The average Bonchev–Trinajstić information content (AvgIpc) is 2.63. The molecule has 0 fully saturated rings. The first kappa shape index (κ1) is 25.3. The molecule has 0 aliphatic rings. The van der Waals surface area contributed by atoms with Gasteiger partial charge in [-0.15, -0.1) is 0 Å². The Balaban J connectivity index is 4.48. The number of Topliss-reactive ketones (excluding diaryl/α,β-unsaturated/α-hetero) is 1. The van der Waals surface area contributed by atoms with Crippen LogP contribution in [0, 0.1) is 0 Å². The van der Waals surface area contributed by atoms with E-state index in [1.54, 1.807) is 12.2 Å². The summed E-state index contributed by atoms with van der Waals surface area (Å²) in [4.78, 5) is 12.4. The summed E-state index contributed by atoms with van der Waals surface area (Å²) in [6, 6.07) is 0. The second-order valence-electron chi connectivity index (χ2n) is 7.40. The van der Waals surface area contributed by atoms with Crippen molar-refractivity contribution in [3.8, 4) is 0 Å². The highest BCUT2D eigenvalue weighted by Crippen LogP contribution is 2.19. The molecule has 2 nitrogen and oxygen atoms in total. The summed E-state index contributed by atoms with van der Waals surface area (Å²) < 4.78 is 12.6. The second-order valence-corrected chi connectivity index (χ2v) is 7.40. The Morgan fingerprint density at radius 2 is 1.59 bits per heavy atom. The van der Waals surface area contributed by atoms with Gasteiger partial charge in [-0.2, -0.15) is 0 Å². The molecule has 0 saturated carbocycles. The Morgan fingerprint density at radius 3 is 2.15 bits per heavy atom. The number of carbonyl (C=O) groups is 1. The fourth-order valence-electron chi connectivity index (χ4n) is 2.65. The molecule has 3 heteroatoms. The highest BCUT2D eigenvalue weighted by atomic mass is 19.1. The van der Waals surface area contributed by atoms with Crippen molar-refractivity contribution in [2.75, 3.05) is 0 Å². The average molecular weight is 377 g/mol. The molecule has 27 heavy (non-hydrogen) atoms. The molecule has 0 spiro atoms. The maximum atomic E-state index is 12.6. The number of allylic oxidation sites excluding steroid dienone is 9. The van der Waals surface area contributed by atoms with Gasteiger partial charge in [0.2, 0.25) is 0 Å². The van der Waals surface area contributed by atoms with Gasteiger partial charge in [0.15, 0.2) is 5.78 Å². The van der Waals surface area contributed by atoms with E-state index in [9.17, 15) is 14.3 Å². The van der Waals surface area contributed by atoms with Crippen LogP contribution >= 0.6 is 0 Å². The topological polar surface area (TPSA) is 37.3 Å². The van der Waals surface area contributed by atoms with Crippen LogP contribution in [0.25, 0.3) is 0 Å². The minimum Gasteiger partial charge on any atom is -0.393 e. The van der Waals surface area contributed by atoms with Crippen molar-refractivity contribution in [3.05, 3.63) is 58.5 Å². The summed E-state index contributed by atoms with van der Waals surface area (Å²) >= 11 is 0. The lowest BCUT2D eigenvalue weighted by atomic mass is 9.95. The van der Waals surface area contributed by atoms with E-state index in [1.807, 2.05) is 34.6 Å². The van der Waals surface area contributed by atoms with Gasteiger partial charge in [-0.1, -0.05) is 36.0 Å². The van der Waals surface area contributed by atoms with E-state index < -0.39 is 0 Å². The van der Waals surface area contributed by atoms with Crippen LogP contribution in [-0.4, -0.2) is 17.0 Å². The molecule has 0 aromatic carbocycles. The third-order valence-corrected chi connectivity index (χ3v) is 5.03. The van der Waals surface area contributed by atoms with Crippen LogP contribution in [-0.2, 0) is 4.79 Å². The van der Waals surface area contributed by atoms with E-state index in [-0.39, 0.29) is 17.7 Å². The van der Waals surface area contributed by atoms with E-state index >= 15 is 0 Å². The highest BCUT2D eigenvalue weighted by molar-refractivity contribution is 6.08. The molecule has 0 amide bonds. The lowest BCUT2D eigenvalue weighted by Gasteiger charge is -2.12. The van der Waals surface area contributed by atoms with Gasteiger partial charge >= 0.3 is 0 Å². The van der Waals surface area contributed by atoms with Gasteiger partial charge < -0.3 is 5.11 Å². The van der Waals surface area contributed by atoms with Gasteiger partial charge in [-0.05, 0) is 96.8 Å². The first-order valence-corrected chi connectivity index (χ1v) is 9.77. The van der Waals surface area contributed by atoms with Crippen molar-refractivity contribution in [1.82, 2.24) is 0 Å². The zero-order valence-corrected chi connectivity index (χ0v) is 18.0. The van der Waals surface area contributed by atoms with Crippen LogP contribution in [0.15, 0.2) is 58.5 Å². The Kier molecular flexibility index (Phi) is 12.6. The fraction of sp³-hybridized carbons (Fsp3) is 0.542. The van der Waals surface area contributed by atoms with Crippen LogP contribution in [0.5, 0.6) is 0 Å². The van der Waals surface area contributed by atoms with Crippen LogP contribution in [0.3, 0.4) is 0 Å². The molecule has 152 valence electrons. The Hall–Kier alpha value is -1.74. The van der Waals surface area contributed by atoms with Gasteiger partial charge in [-0.25, -0.2) is 4.39 Å². The van der Waals surface area contributed by atoms with E-state index in [0.29, 0.717) is 25.7 Å². The van der Waals surface area contributed by atoms with Gasteiger partial charge in [0, 0.05) is 0 Å². The molecule has 1 unspecified atom stereocenters. The summed E-state index contributed by atoms with van der Waals surface area (Å²) in [7, 11) is 0. The second kappa shape index (κ2) is 13.4. The first-order chi connectivity index (χ1) is 12.6. The number of halogens is 1. The van der Waals surface area contributed by atoms with Crippen molar-refractivity contribution >= 4 is 5.78 Å². The molecule has 0 aliphatic carbocycles. The van der Waals surface area contributed by atoms with Crippen LogP contribution in [0.4, 0.5) is 4.39 Å². The predicted octanol–water partition coefficient (Wildman–Crippen LogP) is 6.94. The van der Waals surface area contributed by atoms with Crippen molar-refractivity contribution in [1.29, 1.82) is 0 Å². The maximum absolute atomic E-state index is 12.6. The number of aliphatic hydroxyl groups excluding tert-OH is 1. The van der Waals surface area contributed by atoms with E-state index in [1.165, 1.54) is 12.5 Å². The number of hydrogen-bond acceptors (Lipinski definition) is 2. The Morgan fingerprint density at radius 1 is 0.963 bits per heavy atom. The Labute approximate surface area is 165 Å². The molecule has 0 aromatic heterocycles. The van der Waals surface area contributed by atoms with E-state index in [2.05, 4.69) is 12.7 Å². The molecule has 0 saturated heterocycles. The molecule has 0 radical (unpaired) electrons. The lowest BCUT2D eigenvalue weighted by molar-refractivity contribution is -0.112. The fourth-order valence-corrected chi connectivity index (χ4v) is 2.65. The van der Waals surface area contributed by atoms with Gasteiger partial charge in [0.1, 0.15) is 0 Å². The number of aliphatic hydroxyl groups is 1. The summed E-state index contributed by atoms with van der Waals surface area (Å²) in [5.41, 5.74) is 4.62. The molecule has 0 rings (SSSR count). The number of ketones is 1.